The third kappa shape index (κ3) is 2.21. The minimum atomic E-state index is -0.528. The first-order valence-electron chi connectivity index (χ1n) is 6.23. The predicted octanol–water partition coefficient (Wildman–Crippen LogP) is 4.84. The molecule has 2 aromatic rings. The molecule has 0 bridgehead atoms. The first-order valence-corrected chi connectivity index (χ1v) is 7.48. The molecule has 1 aliphatic rings. The molecule has 1 heterocycles. The molecule has 0 radical (unpaired) electrons. The van der Waals surface area contributed by atoms with Gasteiger partial charge in [0.2, 0.25) is 0 Å². The van der Waals surface area contributed by atoms with Crippen molar-refractivity contribution < 1.29 is 9.18 Å². The van der Waals surface area contributed by atoms with Gasteiger partial charge in [-0.25, -0.2) is 4.39 Å². The maximum absolute atomic E-state index is 13.9. The molecule has 3 rings (SSSR count). The number of halogens is 2. The van der Waals surface area contributed by atoms with Gasteiger partial charge in [-0.2, -0.15) is 0 Å². The van der Waals surface area contributed by atoms with Crippen LogP contribution in [0.25, 0.3) is 0 Å². The smallest absolute Gasteiger partial charge is 0.174 e. The highest BCUT2D eigenvalue weighted by atomic mass is 35.5. The molecule has 19 heavy (non-hydrogen) atoms. The lowest BCUT2D eigenvalue weighted by atomic mass is 9.82. The monoisotopic (exact) mass is 294 g/mol. The molecule has 0 fully saturated rings. The van der Waals surface area contributed by atoms with Crippen LogP contribution >= 0.6 is 22.9 Å². The van der Waals surface area contributed by atoms with E-state index in [-0.39, 0.29) is 22.3 Å². The van der Waals surface area contributed by atoms with Gasteiger partial charge in [-0.05, 0) is 48.4 Å². The maximum Gasteiger partial charge on any atom is 0.174 e. The first-order chi connectivity index (χ1) is 9.18. The molecule has 0 saturated heterocycles. The summed E-state index contributed by atoms with van der Waals surface area (Å²) < 4.78 is 13.9. The van der Waals surface area contributed by atoms with E-state index in [1.54, 1.807) is 17.4 Å². The van der Waals surface area contributed by atoms with Gasteiger partial charge in [-0.15, -0.1) is 11.3 Å². The summed E-state index contributed by atoms with van der Waals surface area (Å²) in [5.74, 6) is -0.966. The number of fused-ring (bicyclic) bond motifs is 1. The normalized spacial score (nSPS) is 18.1. The van der Waals surface area contributed by atoms with E-state index in [1.165, 1.54) is 17.0 Å². The molecule has 1 atom stereocenters. The summed E-state index contributed by atoms with van der Waals surface area (Å²) in [4.78, 5) is 13.8. The largest absolute Gasteiger partial charge is 0.293 e. The van der Waals surface area contributed by atoms with E-state index in [0.29, 0.717) is 0 Å². The van der Waals surface area contributed by atoms with Gasteiger partial charge >= 0.3 is 0 Å². The molecule has 0 N–H and O–H groups in total. The van der Waals surface area contributed by atoms with Crippen LogP contribution in [0.4, 0.5) is 4.39 Å². The first kappa shape index (κ1) is 12.8. The minimum Gasteiger partial charge on any atom is -0.293 e. The number of ketones is 1. The molecule has 4 heteroatoms. The molecule has 0 aliphatic heterocycles. The van der Waals surface area contributed by atoms with Crippen LogP contribution in [0, 0.1) is 5.82 Å². The third-order valence-corrected chi connectivity index (χ3v) is 4.89. The van der Waals surface area contributed by atoms with Crippen LogP contribution in [0.3, 0.4) is 0 Å². The summed E-state index contributed by atoms with van der Waals surface area (Å²) in [6.45, 7) is 0. The van der Waals surface area contributed by atoms with Crippen molar-refractivity contribution in [2.45, 2.75) is 25.2 Å². The van der Waals surface area contributed by atoms with Crippen LogP contribution in [0.5, 0.6) is 0 Å². The fourth-order valence-corrected chi connectivity index (χ4v) is 3.91. The second-order valence-corrected chi connectivity index (χ2v) is 6.11. The lowest BCUT2D eigenvalue weighted by Crippen LogP contribution is -2.18. The van der Waals surface area contributed by atoms with Gasteiger partial charge in [0.05, 0.1) is 10.6 Å². The molecular formula is C15H12ClFOS. The quantitative estimate of drug-likeness (QED) is 0.724. The predicted molar refractivity (Wildman–Crippen MR) is 75.7 cm³/mol. The van der Waals surface area contributed by atoms with Gasteiger partial charge in [-0.3, -0.25) is 4.79 Å². The standard InChI is InChI=1S/C15H12ClFOS/c16-11-4-2-5-12(17)14(11)15(18)10-3-1-6-13-9(10)7-8-19-13/h2,4-5,7-8,10H,1,3,6H2. The summed E-state index contributed by atoms with van der Waals surface area (Å²) in [5, 5.41) is 2.20. The fraction of sp³-hybridized carbons (Fsp3) is 0.267. The van der Waals surface area contributed by atoms with Crippen molar-refractivity contribution in [3.05, 3.63) is 56.5 Å². The number of hydrogen-bond acceptors (Lipinski definition) is 2. The van der Waals surface area contributed by atoms with Crippen molar-refractivity contribution in [3.63, 3.8) is 0 Å². The lowest BCUT2D eigenvalue weighted by molar-refractivity contribution is 0.0947. The molecule has 1 nitrogen and oxygen atoms in total. The van der Waals surface area contributed by atoms with E-state index < -0.39 is 5.82 Å². The van der Waals surface area contributed by atoms with Crippen LogP contribution < -0.4 is 0 Å². The van der Waals surface area contributed by atoms with Gasteiger partial charge in [0.1, 0.15) is 5.82 Å². The zero-order valence-electron chi connectivity index (χ0n) is 10.2. The SMILES string of the molecule is O=C(c1c(F)cccc1Cl)C1CCCc2sccc21. The number of benzene rings is 1. The molecule has 1 aromatic heterocycles. The summed E-state index contributed by atoms with van der Waals surface area (Å²) in [6.07, 6.45) is 2.75. The molecule has 1 unspecified atom stereocenters. The van der Waals surface area contributed by atoms with Gasteiger partial charge in [-0.1, -0.05) is 17.7 Å². The summed E-state index contributed by atoms with van der Waals surface area (Å²) >= 11 is 7.66. The van der Waals surface area contributed by atoms with Crippen LogP contribution in [-0.4, -0.2) is 5.78 Å². The van der Waals surface area contributed by atoms with Crippen molar-refractivity contribution in [1.82, 2.24) is 0 Å². The maximum atomic E-state index is 13.9. The van der Waals surface area contributed by atoms with Crippen molar-refractivity contribution in [1.29, 1.82) is 0 Å². The van der Waals surface area contributed by atoms with E-state index >= 15 is 0 Å². The Morgan fingerprint density at radius 2 is 2.21 bits per heavy atom. The van der Waals surface area contributed by atoms with Crippen molar-refractivity contribution in [3.8, 4) is 0 Å². The zero-order chi connectivity index (χ0) is 13.4. The Morgan fingerprint density at radius 3 is 3.00 bits per heavy atom. The molecule has 0 spiro atoms. The Balaban J connectivity index is 2.03. The molecule has 1 aliphatic carbocycles. The Hall–Kier alpha value is -1.19. The molecular weight excluding hydrogens is 283 g/mol. The highest BCUT2D eigenvalue weighted by Crippen LogP contribution is 2.38. The van der Waals surface area contributed by atoms with E-state index in [9.17, 15) is 9.18 Å². The topological polar surface area (TPSA) is 17.1 Å². The average molecular weight is 295 g/mol. The summed E-state index contributed by atoms with van der Waals surface area (Å²) in [6, 6.07) is 6.35. The van der Waals surface area contributed by atoms with Gasteiger partial charge in [0.25, 0.3) is 0 Å². The number of aryl methyl sites for hydroxylation is 1. The fourth-order valence-electron chi connectivity index (χ4n) is 2.67. The van der Waals surface area contributed by atoms with Crippen LogP contribution in [0.2, 0.25) is 5.02 Å². The van der Waals surface area contributed by atoms with E-state index in [2.05, 4.69) is 0 Å². The summed E-state index contributed by atoms with van der Waals surface area (Å²) in [5.41, 5.74) is 1.09. The Kier molecular flexibility index (Phi) is 3.42. The number of thiophene rings is 1. The number of carbonyl (C=O) groups is 1. The third-order valence-electron chi connectivity index (χ3n) is 3.58. The van der Waals surface area contributed by atoms with Crippen molar-refractivity contribution in [2.75, 3.05) is 0 Å². The van der Waals surface area contributed by atoms with Gasteiger partial charge in [0, 0.05) is 10.8 Å². The second-order valence-electron chi connectivity index (χ2n) is 4.70. The Bertz CT molecular complexity index is 615. The number of hydrogen-bond donors (Lipinski definition) is 0. The molecule has 1 aromatic carbocycles. The van der Waals surface area contributed by atoms with E-state index in [1.807, 2.05) is 11.4 Å². The van der Waals surface area contributed by atoms with Gasteiger partial charge in [0.15, 0.2) is 5.78 Å². The Labute approximate surface area is 120 Å². The number of rotatable bonds is 2. The second kappa shape index (κ2) is 5.06. The van der Waals surface area contributed by atoms with Crippen LogP contribution in [0.15, 0.2) is 29.6 Å². The summed E-state index contributed by atoms with van der Waals surface area (Å²) in [7, 11) is 0. The van der Waals surface area contributed by atoms with E-state index in [0.717, 1.165) is 24.8 Å². The highest BCUT2D eigenvalue weighted by molar-refractivity contribution is 7.10. The van der Waals surface area contributed by atoms with Gasteiger partial charge < -0.3 is 0 Å². The van der Waals surface area contributed by atoms with Crippen LogP contribution in [-0.2, 0) is 6.42 Å². The molecule has 0 saturated carbocycles. The van der Waals surface area contributed by atoms with Crippen molar-refractivity contribution in [2.24, 2.45) is 0 Å². The van der Waals surface area contributed by atoms with Crippen LogP contribution in [0.1, 0.15) is 39.6 Å². The molecule has 0 amide bonds. The molecule has 98 valence electrons. The van der Waals surface area contributed by atoms with E-state index in [4.69, 9.17) is 11.6 Å². The number of carbonyl (C=O) groups excluding carboxylic acids is 1. The lowest BCUT2D eigenvalue weighted by Gasteiger charge is -2.22. The van der Waals surface area contributed by atoms with Crippen molar-refractivity contribution >= 4 is 28.7 Å². The number of Topliss-reactive ketones (excluding diaryl/α,β-unsaturated/α-hetero) is 1. The minimum absolute atomic E-state index is 0.0354. The highest BCUT2D eigenvalue weighted by Gasteiger charge is 2.30. The Morgan fingerprint density at radius 1 is 1.37 bits per heavy atom. The average Bonchev–Trinajstić information content (AvgIpc) is 2.86. The zero-order valence-corrected chi connectivity index (χ0v) is 11.7.